The van der Waals surface area contributed by atoms with Gasteiger partial charge in [-0.25, -0.2) is 4.98 Å². The van der Waals surface area contributed by atoms with Crippen molar-refractivity contribution in [1.29, 1.82) is 0 Å². The number of para-hydroxylation sites is 2. The van der Waals surface area contributed by atoms with Crippen molar-refractivity contribution in [3.8, 4) is 0 Å². The number of hydrogen-bond acceptors (Lipinski definition) is 3. The molecule has 0 radical (unpaired) electrons. The van der Waals surface area contributed by atoms with Crippen LogP contribution in [0, 0.1) is 5.92 Å². The molecule has 0 saturated heterocycles. The van der Waals surface area contributed by atoms with E-state index < -0.39 is 0 Å². The first-order chi connectivity index (χ1) is 12.2. The number of H-pyrrole nitrogens is 1. The molecule has 0 unspecified atom stereocenters. The zero-order chi connectivity index (χ0) is 17.6. The number of carbonyl (C=O) groups is 1. The van der Waals surface area contributed by atoms with Crippen molar-refractivity contribution in [2.24, 2.45) is 5.92 Å². The van der Waals surface area contributed by atoms with Crippen LogP contribution in [-0.4, -0.2) is 25.7 Å². The number of carbonyl (C=O) groups excluding carboxylic acids is 1. The lowest BCUT2D eigenvalue weighted by atomic mass is 9.98. The lowest BCUT2D eigenvalue weighted by molar-refractivity contribution is -0.122. The van der Waals surface area contributed by atoms with Gasteiger partial charge in [0.05, 0.1) is 17.1 Å². The maximum Gasteiger partial charge on any atom is 0.220 e. The third kappa shape index (κ3) is 4.26. The Hall–Kier alpha value is -2.63. The van der Waals surface area contributed by atoms with Crippen molar-refractivity contribution >= 4 is 16.9 Å². The molecule has 132 valence electrons. The molecular weight excluding hydrogens is 314 g/mol. The van der Waals surface area contributed by atoms with Gasteiger partial charge in [0, 0.05) is 25.4 Å². The summed E-state index contributed by atoms with van der Waals surface area (Å²) in [5.41, 5.74) is 1.93. The van der Waals surface area contributed by atoms with E-state index in [2.05, 4.69) is 34.2 Å². The molecule has 0 saturated carbocycles. The second-order valence-electron chi connectivity index (χ2n) is 6.44. The minimum atomic E-state index is -0.102. The molecule has 1 aromatic carbocycles. The number of imidazole rings is 1. The van der Waals surface area contributed by atoms with Crippen LogP contribution in [0.1, 0.15) is 45.0 Å². The van der Waals surface area contributed by atoms with Crippen molar-refractivity contribution in [3.63, 3.8) is 0 Å². The lowest BCUT2D eigenvalue weighted by Gasteiger charge is -2.22. The number of benzene rings is 1. The van der Waals surface area contributed by atoms with Crippen LogP contribution in [0.5, 0.6) is 0 Å². The minimum absolute atomic E-state index is 0.0536. The smallest absolute Gasteiger partial charge is 0.220 e. The van der Waals surface area contributed by atoms with Gasteiger partial charge in [-0.3, -0.25) is 9.48 Å². The zero-order valence-corrected chi connectivity index (χ0v) is 14.8. The standard InChI is InChI=1S/C19H25N5O/c1-3-14(2)18(19-21-15-8-4-5-9-16(15)22-19)23-17(25)10-6-12-24-13-7-11-20-24/h4-5,7-9,11,13-14,18H,3,6,10,12H2,1-2H3,(H,21,22)(H,23,25)/t14-,18+/m0/s1. The molecule has 2 heterocycles. The van der Waals surface area contributed by atoms with Gasteiger partial charge in [0.25, 0.3) is 0 Å². The van der Waals surface area contributed by atoms with Crippen LogP contribution in [0.4, 0.5) is 0 Å². The van der Waals surface area contributed by atoms with E-state index in [4.69, 9.17) is 0 Å². The topological polar surface area (TPSA) is 75.6 Å². The van der Waals surface area contributed by atoms with Gasteiger partial charge in [0.15, 0.2) is 0 Å². The summed E-state index contributed by atoms with van der Waals surface area (Å²) in [4.78, 5) is 20.4. The molecule has 2 atom stereocenters. The fourth-order valence-corrected chi connectivity index (χ4v) is 2.92. The number of nitrogens with one attached hydrogen (secondary N) is 2. The number of amides is 1. The minimum Gasteiger partial charge on any atom is -0.346 e. The van der Waals surface area contributed by atoms with E-state index >= 15 is 0 Å². The van der Waals surface area contributed by atoms with Gasteiger partial charge in [0.2, 0.25) is 5.91 Å². The van der Waals surface area contributed by atoms with Crippen molar-refractivity contribution in [1.82, 2.24) is 25.1 Å². The van der Waals surface area contributed by atoms with Gasteiger partial charge < -0.3 is 10.3 Å². The van der Waals surface area contributed by atoms with Crippen LogP contribution in [-0.2, 0) is 11.3 Å². The molecule has 2 aromatic heterocycles. The van der Waals surface area contributed by atoms with Crippen LogP contribution < -0.4 is 5.32 Å². The number of hydrogen-bond donors (Lipinski definition) is 2. The van der Waals surface area contributed by atoms with E-state index in [1.807, 2.05) is 41.2 Å². The third-order valence-corrected chi connectivity index (χ3v) is 4.58. The summed E-state index contributed by atoms with van der Waals surface area (Å²) in [6, 6.07) is 9.73. The average molecular weight is 339 g/mol. The van der Waals surface area contributed by atoms with E-state index in [1.54, 1.807) is 6.20 Å². The largest absolute Gasteiger partial charge is 0.346 e. The highest BCUT2D eigenvalue weighted by molar-refractivity contribution is 5.77. The molecule has 1 amide bonds. The molecule has 25 heavy (non-hydrogen) atoms. The van der Waals surface area contributed by atoms with E-state index in [1.165, 1.54) is 0 Å². The summed E-state index contributed by atoms with van der Waals surface area (Å²) in [6.07, 6.45) is 5.87. The molecule has 0 fully saturated rings. The highest BCUT2D eigenvalue weighted by Gasteiger charge is 2.23. The number of aryl methyl sites for hydroxylation is 1. The van der Waals surface area contributed by atoms with Gasteiger partial charge >= 0.3 is 0 Å². The first kappa shape index (κ1) is 17.2. The van der Waals surface area contributed by atoms with E-state index in [9.17, 15) is 4.79 Å². The SMILES string of the molecule is CC[C@H](C)[C@@H](NC(=O)CCCn1cccn1)c1nc2ccccc2[nH]1. The Morgan fingerprint density at radius 1 is 1.32 bits per heavy atom. The van der Waals surface area contributed by atoms with Crippen LogP contribution in [0.15, 0.2) is 42.7 Å². The monoisotopic (exact) mass is 339 g/mol. The summed E-state index contributed by atoms with van der Waals surface area (Å²) in [5, 5.41) is 7.32. The number of nitrogens with zero attached hydrogens (tertiary/aromatic N) is 3. The maximum atomic E-state index is 12.4. The fraction of sp³-hybridized carbons (Fsp3) is 0.421. The quantitative estimate of drug-likeness (QED) is 0.660. The van der Waals surface area contributed by atoms with Gasteiger partial charge in [-0.15, -0.1) is 0 Å². The second-order valence-corrected chi connectivity index (χ2v) is 6.44. The van der Waals surface area contributed by atoms with Crippen LogP contribution in [0.25, 0.3) is 11.0 Å². The first-order valence-electron chi connectivity index (χ1n) is 8.88. The van der Waals surface area contributed by atoms with Gasteiger partial charge in [-0.1, -0.05) is 32.4 Å². The molecule has 0 aliphatic carbocycles. The highest BCUT2D eigenvalue weighted by atomic mass is 16.1. The Bertz CT molecular complexity index is 775. The molecule has 6 nitrogen and oxygen atoms in total. The van der Waals surface area contributed by atoms with Crippen LogP contribution in [0.2, 0.25) is 0 Å². The third-order valence-electron chi connectivity index (χ3n) is 4.58. The molecular formula is C19H25N5O. The highest BCUT2D eigenvalue weighted by Crippen LogP contribution is 2.24. The molecule has 3 rings (SSSR count). The zero-order valence-electron chi connectivity index (χ0n) is 14.8. The Kier molecular flexibility index (Phi) is 5.48. The normalized spacial score (nSPS) is 13.7. The Balaban J connectivity index is 1.64. The van der Waals surface area contributed by atoms with Crippen molar-refractivity contribution in [2.75, 3.05) is 0 Å². The molecule has 0 aliphatic heterocycles. The predicted octanol–water partition coefficient (Wildman–Crippen LogP) is 3.44. The van der Waals surface area contributed by atoms with Crippen molar-refractivity contribution in [2.45, 2.75) is 45.7 Å². The molecule has 2 N–H and O–H groups in total. The van der Waals surface area contributed by atoms with E-state index in [-0.39, 0.29) is 11.9 Å². The Morgan fingerprint density at radius 2 is 2.16 bits per heavy atom. The van der Waals surface area contributed by atoms with Crippen LogP contribution in [0.3, 0.4) is 0 Å². The molecule has 3 aromatic rings. The summed E-state index contributed by atoms with van der Waals surface area (Å²) >= 11 is 0. The molecule has 0 spiro atoms. The van der Waals surface area contributed by atoms with Crippen molar-refractivity contribution in [3.05, 3.63) is 48.5 Å². The maximum absolute atomic E-state index is 12.4. The molecule has 0 aliphatic rings. The molecule has 6 heteroatoms. The summed E-state index contributed by atoms with van der Waals surface area (Å²) < 4.78 is 1.85. The lowest BCUT2D eigenvalue weighted by Crippen LogP contribution is -2.33. The summed E-state index contributed by atoms with van der Waals surface area (Å²) in [7, 11) is 0. The van der Waals surface area contributed by atoms with E-state index in [0.717, 1.165) is 36.2 Å². The number of aromatic amines is 1. The first-order valence-corrected chi connectivity index (χ1v) is 8.88. The van der Waals surface area contributed by atoms with E-state index in [0.29, 0.717) is 12.3 Å². The van der Waals surface area contributed by atoms with Gasteiger partial charge in [-0.2, -0.15) is 5.10 Å². The average Bonchev–Trinajstić information content (AvgIpc) is 3.28. The Labute approximate surface area is 147 Å². The number of rotatable bonds is 8. The predicted molar refractivity (Wildman–Crippen MR) is 97.9 cm³/mol. The Morgan fingerprint density at radius 3 is 2.88 bits per heavy atom. The fourth-order valence-electron chi connectivity index (χ4n) is 2.92. The molecule has 0 bridgehead atoms. The van der Waals surface area contributed by atoms with Crippen LogP contribution >= 0.6 is 0 Å². The summed E-state index contributed by atoms with van der Waals surface area (Å²) in [6.45, 7) is 5.02. The number of aromatic nitrogens is 4. The number of fused-ring (bicyclic) bond motifs is 1. The second kappa shape index (κ2) is 7.96. The van der Waals surface area contributed by atoms with Crippen molar-refractivity contribution < 1.29 is 4.79 Å². The van der Waals surface area contributed by atoms with Gasteiger partial charge in [-0.05, 0) is 30.5 Å². The summed E-state index contributed by atoms with van der Waals surface area (Å²) in [5.74, 6) is 1.18. The van der Waals surface area contributed by atoms with Gasteiger partial charge in [0.1, 0.15) is 5.82 Å².